The van der Waals surface area contributed by atoms with Crippen LogP contribution in [0, 0.1) is 11.8 Å². The van der Waals surface area contributed by atoms with Crippen molar-refractivity contribution in [2.45, 2.75) is 53.6 Å². The minimum absolute atomic E-state index is 0.451. The molecule has 0 saturated heterocycles. The zero-order valence-corrected chi connectivity index (χ0v) is 14.8. The van der Waals surface area contributed by atoms with E-state index in [-0.39, 0.29) is 0 Å². The summed E-state index contributed by atoms with van der Waals surface area (Å²) in [7, 11) is 0. The Hall–Kier alpha value is -0.860. The highest BCUT2D eigenvalue weighted by Crippen LogP contribution is 2.23. The SMILES string of the molecule is CC(C)CNCC(c1ccccc1)N(CC(C)C)C(C)C. The van der Waals surface area contributed by atoms with Gasteiger partial charge >= 0.3 is 0 Å². The molecule has 2 nitrogen and oxygen atoms in total. The molecule has 1 atom stereocenters. The summed E-state index contributed by atoms with van der Waals surface area (Å²) >= 11 is 0. The van der Waals surface area contributed by atoms with Gasteiger partial charge in [0.05, 0.1) is 0 Å². The number of nitrogens with one attached hydrogen (secondary N) is 1. The number of rotatable bonds is 9. The van der Waals surface area contributed by atoms with Gasteiger partial charge in [0.1, 0.15) is 0 Å². The lowest BCUT2D eigenvalue weighted by Crippen LogP contribution is -2.42. The molecule has 120 valence electrons. The van der Waals surface area contributed by atoms with E-state index in [0.29, 0.717) is 23.9 Å². The third-order valence-corrected chi connectivity index (χ3v) is 3.71. The lowest BCUT2D eigenvalue weighted by Gasteiger charge is -2.37. The standard InChI is InChI=1S/C19H34N2/c1-15(2)12-20-13-19(18-10-8-7-9-11-18)21(17(5)6)14-16(3)4/h7-11,15-17,19-20H,12-14H2,1-6H3. The first kappa shape index (κ1) is 18.2. The molecule has 1 rings (SSSR count). The van der Waals surface area contributed by atoms with Crippen LogP contribution in [0.5, 0.6) is 0 Å². The maximum atomic E-state index is 3.65. The van der Waals surface area contributed by atoms with E-state index in [1.165, 1.54) is 5.56 Å². The largest absolute Gasteiger partial charge is 0.315 e. The molecule has 0 aromatic heterocycles. The first-order valence-corrected chi connectivity index (χ1v) is 8.43. The van der Waals surface area contributed by atoms with Gasteiger partial charge < -0.3 is 5.32 Å². The van der Waals surface area contributed by atoms with Crippen molar-refractivity contribution in [1.29, 1.82) is 0 Å². The average Bonchev–Trinajstić information content (AvgIpc) is 2.42. The fraction of sp³-hybridized carbons (Fsp3) is 0.684. The van der Waals surface area contributed by atoms with Crippen LogP contribution in [0.4, 0.5) is 0 Å². The van der Waals surface area contributed by atoms with Crippen molar-refractivity contribution in [2.24, 2.45) is 11.8 Å². The lowest BCUT2D eigenvalue weighted by atomic mass is 10.0. The number of hydrogen-bond acceptors (Lipinski definition) is 2. The normalized spacial score (nSPS) is 13.6. The maximum Gasteiger partial charge on any atom is 0.0475 e. The van der Waals surface area contributed by atoms with Gasteiger partial charge in [-0.05, 0) is 37.8 Å². The number of hydrogen-bond donors (Lipinski definition) is 1. The molecule has 0 aliphatic carbocycles. The van der Waals surface area contributed by atoms with Gasteiger partial charge in [0.2, 0.25) is 0 Å². The fourth-order valence-electron chi connectivity index (χ4n) is 2.73. The van der Waals surface area contributed by atoms with E-state index >= 15 is 0 Å². The third-order valence-electron chi connectivity index (χ3n) is 3.71. The van der Waals surface area contributed by atoms with E-state index in [1.807, 2.05) is 0 Å². The molecular formula is C19H34N2. The van der Waals surface area contributed by atoms with E-state index in [2.05, 4.69) is 82.1 Å². The lowest BCUT2D eigenvalue weighted by molar-refractivity contribution is 0.131. The molecule has 0 fully saturated rings. The molecule has 0 spiro atoms. The van der Waals surface area contributed by atoms with Crippen LogP contribution in [0.25, 0.3) is 0 Å². The van der Waals surface area contributed by atoms with E-state index in [0.717, 1.165) is 19.6 Å². The summed E-state index contributed by atoms with van der Waals surface area (Å²) < 4.78 is 0. The summed E-state index contributed by atoms with van der Waals surface area (Å²) in [5.74, 6) is 1.38. The molecule has 0 amide bonds. The Morgan fingerprint density at radius 2 is 1.48 bits per heavy atom. The fourth-order valence-corrected chi connectivity index (χ4v) is 2.73. The highest BCUT2D eigenvalue weighted by molar-refractivity contribution is 5.19. The van der Waals surface area contributed by atoms with Gasteiger partial charge in [0.25, 0.3) is 0 Å². The predicted molar refractivity (Wildman–Crippen MR) is 93.6 cm³/mol. The highest BCUT2D eigenvalue weighted by Gasteiger charge is 2.23. The molecule has 0 bridgehead atoms. The van der Waals surface area contributed by atoms with Crippen LogP contribution in [0.1, 0.15) is 53.1 Å². The smallest absolute Gasteiger partial charge is 0.0475 e. The average molecular weight is 290 g/mol. The minimum atomic E-state index is 0.451. The Morgan fingerprint density at radius 1 is 0.857 bits per heavy atom. The van der Waals surface area contributed by atoms with Crippen molar-refractivity contribution in [3.8, 4) is 0 Å². The Labute approximate surface area is 131 Å². The molecule has 0 radical (unpaired) electrons. The van der Waals surface area contributed by atoms with Crippen LogP contribution >= 0.6 is 0 Å². The first-order valence-electron chi connectivity index (χ1n) is 8.43. The molecule has 1 aromatic carbocycles. The van der Waals surface area contributed by atoms with Crippen molar-refractivity contribution in [2.75, 3.05) is 19.6 Å². The van der Waals surface area contributed by atoms with Crippen LogP contribution < -0.4 is 5.32 Å². The molecule has 0 saturated carbocycles. The van der Waals surface area contributed by atoms with Gasteiger partial charge in [-0.3, -0.25) is 4.90 Å². The van der Waals surface area contributed by atoms with Gasteiger partial charge in [-0.1, -0.05) is 58.0 Å². The van der Waals surface area contributed by atoms with Gasteiger partial charge in [0.15, 0.2) is 0 Å². The Morgan fingerprint density at radius 3 is 1.95 bits per heavy atom. The summed E-state index contributed by atoms with van der Waals surface area (Å²) in [6.07, 6.45) is 0. The number of nitrogens with zero attached hydrogens (tertiary/aromatic N) is 1. The number of benzene rings is 1. The van der Waals surface area contributed by atoms with Crippen LogP contribution in [0.2, 0.25) is 0 Å². The zero-order chi connectivity index (χ0) is 15.8. The molecule has 2 heteroatoms. The summed E-state index contributed by atoms with van der Waals surface area (Å²) in [4.78, 5) is 2.63. The molecule has 0 aliphatic heterocycles. The topological polar surface area (TPSA) is 15.3 Å². The van der Waals surface area contributed by atoms with Crippen molar-refractivity contribution < 1.29 is 0 Å². The van der Waals surface area contributed by atoms with E-state index in [1.54, 1.807) is 0 Å². The quantitative estimate of drug-likeness (QED) is 0.728. The summed E-state index contributed by atoms with van der Waals surface area (Å²) in [6.45, 7) is 17.0. The first-order chi connectivity index (χ1) is 9.91. The second kappa shape index (κ2) is 9.22. The predicted octanol–water partition coefficient (Wildman–Crippen LogP) is 4.34. The van der Waals surface area contributed by atoms with Crippen LogP contribution in [-0.4, -0.2) is 30.6 Å². The van der Waals surface area contributed by atoms with Gasteiger partial charge in [0, 0.05) is 25.2 Å². The molecule has 1 aromatic rings. The molecule has 21 heavy (non-hydrogen) atoms. The molecule has 1 N–H and O–H groups in total. The monoisotopic (exact) mass is 290 g/mol. The van der Waals surface area contributed by atoms with Crippen molar-refractivity contribution >= 4 is 0 Å². The maximum absolute atomic E-state index is 3.65. The van der Waals surface area contributed by atoms with E-state index < -0.39 is 0 Å². The molecule has 0 aliphatic rings. The van der Waals surface area contributed by atoms with Gasteiger partial charge in [-0.25, -0.2) is 0 Å². The van der Waals surface area contributed by atoms with Crippen molar-refractivity contribution in [3.63, 3.8) is 0 Å². The van der Waals surface area contributed by atoms with Crippen LogP contribution in [-0.2, 0) is 0 Å². The van der Waals surface area contributed by atoms with E-state index in [9.17, 15) is 0 Å². The third kappa shape index (κ3) is 6.62. The van der Waals surface area contributed by atoms with Crippen molar-refractivity contribution in [3.05, 3.63) is 35.9 Å². The summed E-state index contributed by atoms with van der Waals surface area (Å²) in [6, 6.07) is 11.9. The molecule has 1 unspecified atom stereocenters. The van der Waals surface area contributed by atoms with Gasteiger partial charge in [-0.2, -0.15) is 0 Å². The van der Waals surface area contributed by atoms with Gasteiger partial charge in [-0.15, -0.1) is 0 Å². The Balaban J connectivity index is 2.87. The second-order valence-electron chi connectivity index (χ2n) is 7.16. The zero-order valence-electron chi connectivity index (χ0n) is 14.8. The molecule has 0 heterocycles. The van der Waals surface area contributed by atoms with Crippen molar-refractivity contribution in [1.82, 2.24) is 10.2 Å². The second-order valence-corrected chi connectivity index (χ2v) is 7.16. The Bertz CT molecular complexity index is 370. The van der Waals surface area contributed by atoms with Crippen LogP contribution in [0.3, 0.4) is 0 Å². The summed E-state index contributed by atoms with van der Waals surface area (Å²) in [5, 5.41) is 3.65. The van der Waals surface area contributed by atoms with E-state index in [4.69, 9.17) is 0 Å². The Kier molecular flexibility index (Phi) is 7.98. The van der Waals surface area contributed by atoms with Crippen LogP contribution in [0.15, 0.2) is 30.3 Å². The minimum Gasteiger partial charge on any atom is -0.315 e. The molecular weight excluding hydrogens is 256 g/mol. The highest BCUT2D eigenvalue weighted by atomic mass is 15.2. The summed E-state index contributed by atoms with van der Waals surface area (Å²) in [5.41, 5.74) is 1.42.